The van der Waals surface area contributed by atoms with Gasteiger partial charge in [-0.3, -0.25) is 9.59 Å². The molecule has 1 amide bonds. The van der Waals surface area contributed by atoms with Gasteiger partial charge in [-0.25, -0.2) is 4.79 Å². The van der Waals surface area contributed by atoms with Gasteiger partial charge in [0.15, 0.2) is 5.76 Å². The van der Waals surface area contributed by atoms with Gasteiger partial charge in [0, 0.05) is 6.54 Å². The van der Waals surface area contributed by atoms with Gasteiger partial charge in [-0.2, -0.15) is 0 Å². The number of hydrogen-bond acceptors (Lipinski definition) is 4. The summed E-state index contributed by atoms with van der Waals surface area (Å²) in [6.07, 6.45) is 2.68. The minimum Gasteiger partial charge on any atom is -0.481 e. The summed E-state index contributed by atoms with van der Waals surface area (Å²) in [5.41, 5.74) is 0. The molecule has 0 aliphatic heterocycles. The zero-order chi connectivity index (χ0) is 15.8. The number of carbonyl (C=O) groups excluding carboxylic acids is 1. The Balaban J connectivity index is 2.95. The Morgan fingerprint density at radius 3 is 2.52 bits per heavy atom. The maximum atomic E-state index is 12.3. The normalized spacial score (nSPS) is 11.9. The van der Waals surface area contributed by atoms with E-state index in [-0.39, 0.29) is 25.1 Å². The molecule has 0 aliphatic rings. The van der Waals surface area contributed by atoms with E-state index in [1.165, 1.54) is 18.4 Å². The number of amides is 1. The van der Waals surface area contributed by atoms with Crippen molar-refractivity contribution in [2.24, 2.45) is 0 Å². The Hall–Kier alpha value is -2.31. The molecule has 0 aromatic carbocycles. The largest absolute Gasteiger partial charge is 0.481 e. The predicted molar refractivity (Wildman–Crippen MR) is 72.9 cm³/mol. The molecule has 1 rings (SSSR count). The standard InChI is InChI=1S/C14H19NO6/c1-2-3-5-10(14(19)20)15(8-7-12(16)17)13(18)11-6-4-9-21-11/h4,6,9-10H,2-3,5,7-8H2,1H3,(H,16,17)(H,19,20). The van der Waals surface area contributed by atoms with E-state index in [0.29, 0.717) is 6.42 Å². The summed E-state index contributed by atoms with van der Waals surface area (Å²) in [4.78, 5) is 35.5. The molecule has 0 fully saturated rings. The van der Waals surface area contributed by atoms with E-state index in [1.54, 1.807) is 0 Å². The van der Waals surface area contributed by atoms with Crippen LogP contribution in [0.1, 0.15) is 43.2 Å². The minimum atomic E-state index is -1.14. The third-order valence-corrected chi connectivity index (χ3v) is 3.05. The lowest BCUT2D eigenvalue weighted by Crippen LogP contribution is -2.46. The molecular formula is C14H19NO6. The number of carbonyl (C=O) groups is 3. The molecule has 21 heavy (non-hydrogen) atoms. The molecule has 7 nitrogen and oxygen atoms in total. The molecule has 1 aromatic heterocycles. The summed E-state index contributed by atoms with van der Waals surface area (Å²) < 4.78 is 4.99. The smallest absolute Gasteiger partial charge is 0.326 e. The second-order valence-corrected chi connectivity index (χ2v) is 4.62. The molecule has 0 radical (unpaired) electrons. The number of rotatable bonds is 9. The van der Waals surface area contributed by atoms with Crippen molar-refractivity contribution in [3.63, 3.8) is 0 Å². The van der Waals surface area contributed by atoms with Gasteiger partial charge in [-0.15, -0.1) is 0 Å². The summed E-state index contributed by atoms with van der Waals surface area (Å²) in [5.74, 6) is -2.84. The Morgan fingerprint density at radius 2 is 2.05 bits per heavy atom. The molecule has 0 aliphatic carbocycles. The van der Waals surface area contributed by atoms with Crippen LogP contribution in [-0.2, 0) is 9.59 Å². The van der Waals surface area contributed by atoms with E-state index in [9.17, 15) is 19.5 Å². The average molecular weight is 297 g/mol. The van der Waals surface area contributed by atoms with Crippen molar-refractivity contribution in [1.82, 2.24) is 4.90 Å². The third-order valence-electron chi connectivity index (χ3n) is 3.05. The molecule has 0 saturated carbocycles. The van der Waals surface area contributed by atoms with Crippen molar-refractivity contribution in [2.75, 3.05) is 6.54 Å². The molecule has 1 aromatic rings. The first kappa shape index (κ1) is 16.7. The number of furan rings is 1. The monoisotopic (exact) mass is 297 g/mol. The third kappa shape index (κ3) is 4.94. The average Bonchev–Trinajstić information content (AvgIpc) is 2.95. The number of carboxylic acids is 2. The lowest BCUT2D eigenvalue weighted by molar-refractivity contribution is -0.144. The lowest BCUT2D eigenvalue weighted by atomic mass is 10.1. The SMILES string of the molecule is CCCCC(C(=O)O)N(CCC(=O)O)C(=O)c1ccco1. The zero-order valence-electron chi connectivity index (χ0n) is 11.8. The lowest BCUT2D eigenvalue weighted by Gasteiger charge is -2.27. The fourth-order valence-electron chi connectivity index (χ4n) is 1.97. The van der Waals surface area contributed by atoms with Gasteiger partial charge < -0.3 is 19.5 Å². The molecule has 0 spiro atoms. The van der Waals surface area contributed by atoms with Crippen molar-refractivity contribution in [1.29, 1.82) is 0 Å². The topological polar surface area (TPSA) is 108 Å². The second-order valence-electron chi connectivity index (χ2n) is 4.62. The quantitative estimate of drug-likeness (QED) is 0.720. The van der Waals surface area contributed by atoms with Crippen molar-refractivity contribution in [3.8, 4) is 0 Å². The number of nitrogens with zero attached hydrogens (tertiary/aromatic N) is 1. The summed E-state index contributed by atoms with van der Waals surface area (Å²) in [7, 11) is 0. The summed E-state index contributed by atoms with van der Waals surface area (Å²) in [5, 5.41) is 18.1. The highest BCUT2D eigenvalue weighted by Crippen LogP contribution is 2.15. The molecule has 1 atom stereocenters. The Bertz CT molecular complexity index is 482. The van der Waals surface area contributed by atoms with E-state index in [4.69, 9.17) is 9.52 Å². The van der Waals surface area contributed by atoms with Crippen molar-refractivity contribution in [2.45, 2.75) is 38.6 Å². The van der Waals surface area contributed by atoms with Gasteiger partial charge in [0.05, 0.1) is 12.7 Å². The van der Waals surface area contributed by atoms with E-state index >= 15 is 0 Å². The van der Waals surface area contributed by atoms with Crippen LogP contribution in [0.2, 0.25) is 0 Å². The first-order chi connectivity index (χ1) is 9.97. The predicted octanol–water partition coefficient (Wildman–Crippen LogP) is 1.84. The van der Waals surface area contributed by atoms with Gasteiger partial charge >= 0.3 is 11.9 Å². The van der Waals surface area contributed by atoms with Gasteiger partial charge in [-0.1, -0.05) is 19.8 Å². The highest BCUT2D eigenvalue weighted by Gasteiger charge is 2.31. The number of unbranched alkanes of at least 4 members (excludes halogenated alkanes) is 1. The van der Waals surface area contributed by atoms with Crippen molar-refractivity contribution < 1.29 is 29.0 Å². The molecule has 1 heterocycles. The molecule has 116 valence electrons. The molecule has 0 bridgehead atoms. The summed E-state index contributed by atoms with van der Waals surface area (Å²) >= 11 is 0. The van der Waals surface area contributed by atoms with E-state index in [0.717, 1.165) is 11.3 Å². The van der Waals surface area contributed by atoms with Crippen LogP contribution in [0, 0.1) is 0 Å². The fraction of sp³-hybridized carbons (Fsp3) is 0.500. The summed E-state index contributed by atoms with van der Waals surface area (Å²) in [6, 6.07) is 1.89. The molecular weight excluding hydrogens is 278 g/mol. The van der Waals surface area contributed by atoms with Gasteiger partial charge in [0.1, 0.15) is 6.04 Å². The van der Waals surface area contributed by atoms with Crippen LogP contribution in [-0.4, -0.2) is 45.5 Å². The molecule has 0 saturated heterocycles. The number of hydrogen-bond donors (Lipinski definition) is 2. The van der Waals surface area contributed by atoms with Crippen LogP contribution < -0.4 is 0 Å². The highest BCUT2D eigenvalue weighted by atomic mass is 16.4. The van der Waals surface area contributed by atoms with E-state index in [2.05, 4.69) is 0 Å². The Morgan fingerprint density at radius 1 is 1.33 bits per heavy atom. The Labute approximate surface area is 122 Å². The maximum absolute atomic E-state index is 12.3. The van der Waals surface area contributed by atoms with Crippen LogP contribution in [0.15, 0.2) is 22.8 Å². The second kappa shape index (κ2) is 8.08. The molecule has 1 unspecified atom stereocenters. The van der Waals surface area contributed by atoms with Crippen LogP contribution in [0.4, 0.5) is 0 Å². The summed E-state index contributed by atoms with van der Waals surface area (Å²) in [6.45, 7) is 1.74. The molecule has 7 heteroatoms. The van der Waals surface area contributed by atoms with E-state index in [1.807, 2.05) is 6.92 Å². The van der Waals surface area contributed by atoms with Gasteiger partial charge in [-0.05, 0) is 18.6 Å². The number of aliphatic carboxylic acids is 2. The Kier molecular flexibility index (Phi) is 6.45. The van der Waals surface area contributed by atoms with Crippen LogP contribution in [0.5, 0.6) is 0 Å². The van der Waals surface area contributed by atoms with Gasteiger partial charge in [0.2, 0.25) is 0 Å². The molecule has 2 N–H and O–H groups in total. The number of carboxylic acid groups (broad SMARTS) is 2. The maximum Gasteiger partial charge on any atom is 0.326 e. The van der Waals surface area contributed by atoms with Crippen LogP contribution >= 0.6 is 0 Å². The first-order valence-corrected chi connectivity index (χ1v) is 6.76. The fourth-order valence-corrected chi connectivity index (χ4v) is 1.97. The van der Waals surface area contributed by atoms with E-state index < -0.39 is 23.9 Å². The van der Waals surface area contributed by atoms with Crippen LogP contribution in [0.25, 0.3) is 0 Å². The van der Waals surface area contributed by atoms with Crippen molar-refractivity contribution in [3.05, 3.63) is 24.2 Å². The van der Waals surface area contributed by atoms with Crippen LogP contribution in [0.3, 0.4) is 0 Å². The minimum absolute atomic E-state index is 0.00290. The highest BCUT2D eigenvalue weighted by molar-refractivity contribution is 5.94. The van der Waals surface area contributed by atoms with Gasteiger partial charge in [0.25, 0.3) is 5.91 Å². The first-order valence-electron chi connectivity index (χ1n) is 6.76. The zero-order valence-corrected chi connectivity index (χ0v) is 11.8. The van der Waals surface area contributed by atoms with Crippen molar-refractivity contribution >= 4 is 17.8 Å².